The van der Waals surface area contributed by atoms with Gasteiger partial charge in [-0.1, -0.05) is 6.07 Å². The Labute approximate surface area is 117 Å². The molecule has 2 aromatic carbocycles. The van der Waals surface area contributed by atoms with Gasteiger partial charge in [0.1, 0.15) is 11.6 Å². The van der Waals surface area contributed by atoms with Crippen molar-refractivity contribution >= 4 is 33.4 Å². The molecule has 1 nitrogen and oxygen atoms in total. The molecular formula is C13H10BrF2NS. The Bertz CT molecular complexity index is 575. The minimum atomic E-state index is -0.436. The molecule has 0 heterocycles. The SMILES string of the molecule is Nc1cc(CSc2cc(F)ccc2F)ccc1Br. The second-order valence-electron chi connectivity index (χ2n) is 3.72. The summed E-state index contributed by atoms with van der Waals surface area (Å²) in [5.74, 6) is -0.307. The van der Waals surface area contributed by atoms with E-state index >= 15 is 0 Å². The van der Waals surface area contributed by atoms with Crippen LogP contribution in [0.3, 0.4) is 0 Å². The van der Waals surface area contributed by atoms with Crippen LogP contribution in [0.15, 0.2) is 45.8 Å². The number of rotatable bonds is 3. The number of benzene rings is 2. The number of nitrogens with two attached hydrogens (primary N) is 1. The van der Waals surface area contributed by atoms with E-state index in [0.717, 1.165) is 22.2 Å². The number of nitrogen functional groups attached to an aromatic ring is 1. The first-order valence-corrected chi connectivity index (χ1v) is 6.96. The molecule has 0 saturated heterocycles. The summed E-state index contributed by atoms with van der Waals surface area (Å²) in [7, 11) is 0. The van der Waals surface area contributed by atoms with Gasteiger partial charge in [-0.15, -0.1) is 11.8 Å². The first kappa shape index (κ1) is 13.4. The van der Waals surface area contributed by atoms with Crippen LogP contribution in [0.2, 0.25) is 0 Å². The van der Waals surface area contributed by atoms with Crippen LogP contribution >= 0.6 is 27.7 Å². The molecule has 0 bridgehead atoms. The number of halogens is 3. The maximum Gasteiger partial charge on any atom is 0.136 e. The summed E-state index contributed by atoms with van der Waals surface area (Å²) in [6.07, 6.45) is 0. The maximum absolute atomic E-state index is 13.4. The van der Waals surface area contributed by atoms with Gasteiger partial charge in [0.05, 0.1) is 0 Å². The molecule has 0 aliphatic carbocycles. The predicted octanol–water partition coefficient (Wildman–Crippen LogP) is 4.60. The second-order valence-corrected chi connectivity index (χ2v) is 5.59. The molecule has 0 unspecified atom stereocenters. The quantitative estimate of drug-likeness (QED) is 0.657. The number of hydrogen-bond donors (Lipinski definition) is 1. The molecule has 0 amide bonds. The average Bonchev–Trinajstić information content (AvgIpc) is 2.34. The molecular weight excluding hydrogens is 320 g/mol. The van der Waals surface area contributed by atoms with E-state index in [0.29, 0.717) is 16.3 Å². The monoisotopic (exact) mass is 329 g/mol. The van der Waals surface area contributed by atoms with Gasteiger partial charge in [-0.3, -0.25) is 0 Å². The van der Waals surface area contributed by atoms with Crippen molar-refractivity contribution in [2.45, 2.75) is 10.6 Å². The maximum atomic E-state index is 13.4. The largest absolute Gasteiger partial charge is 0.398 e. The van der Waals surface area contributed by atoms with Gasteiger partial charge in [-0.05, 0) is 51.8 Å². The zero-order valence-electron chi connectivity index (χ0n) is 9.29. The van der Waals surface area contributed by atoms with Crippen molar-refractivity contribution in [1.82, 2.24) is 0 Å². The van der Waals surface area contributed by atoms with Gasteiger partial charge in [-0.25, -0.2) is 8.78 Å². The lowest BCUT2D eigenvalue weighted by atomic mass is 10.2. The summed E-state index contributed by atoms with van der Waals surface area (Å²) in [6, 6.07) is 8.99. The standard InChI is InChI=1S/C13H10BrF2NS/c14-10-3-1-8(5-12(10)17)7-18-13-6-9(15)2-4-11(13)16/h1-6H,7,17H2. The highest BCUT2D eigenvalue weighted by Gasteiger charge is 2.05. The first-order chi connectivity index (χ1) is 8.56. The van der Waals surface area contributed by atoms with E-state index in [4.69, 9.17) is 5.73 Å². The van der Waals surface area contributed by atoms with Crippen molar-refractivity contribution in [3.63, 3.8) is 0 Å². The van der Waals surface area contributed by atoms with Crippen molar-refractivity contribution in [2.75, 3.05) is 5.73 Å². The van der Waals surface area contributed by atoms with Gasteiger partial charge < -0.3 is 5.73 Å². The fourth-order valence-electron chi connectivity index (χ4n) is 1.43. The Morgan fingerprint density at radius 1 is 1.11 bits per heavy atom. The molecule has 2 rings (SSSR count). The van der Waals surface area contributed by atoms with Crippen LogP contribution < -0.4 is 5.73 Å². The van der Waals surface area contributed by atoms with Crippen LogP contribution in [-0.4, -0.2) is 0 Å². The minimum Gasteiger partial charge on any atom is -0.398 e. The zero-order valence-corrected chi connectivity index (χ0v) is 11.7. The first-order valence-electron chi connectivity index (χ1n) is 5.18. The topological polar surface area (TPSA) is 26.0 Å². The van der Waals surface area contributed by atoms with E-state index in [-0.39, 0.29) is 0 Å². The van der Waals surface area contributed by atoms with Gasteiger partial charge in [-0.2, -0.15) is 0 Å². The van der Waals surface area contributed by atoms with Gasteiger partial charge in [0.25, 0.3) is 0 Å². The van der Waals surface area contributed by atoms with Crippen LogP contribution in [0.25, 0.3) is 0 Å². The van der Waals surface area contributed by atoms with Gasteiger partial charge in [0.2, 0.25) is 0 Å². The normalized spacial score (nSPS) is 10.6. The Kier molecular flexibility index (Phi) is 4.24. The molecule has 0 aromatic heterocycles. The number of anilines is 1. The predicted molar refractivity (Wildman–Crippen MR) is 74.5 cm³/mol. The Balaban J connectivity index is 2.11. The minimum absolute atomic E-state index is 0.302. The summed E-state index contributed by atoms with van der Waals surface area (Å²) in [4.78, 5) is 0.302. The van der Waals surface area contributed by atoms with Gasteiger partial charge >= 0.3 is 0 Å². The van der Waals surface area contributed by atoms with Gasteiger partial charge in [0.15, 0.2) is 0 Å². The summed E-state index contributed by atoms with van der Waals surface area (Å²) in [5, 5.41) is 0. The smallest absolute Gasteiger partial charge is 0.136 e. The third-order valence-electron chi connectivity index (χ3n) is 2.35. The van der Waals surface area contributed by atoms with Crippen molar-refractivity contribution in [1.29, 1.82) is 0 Å². The lowest BCUT2D eigenvalue weighted by molar-refractivity contribution is 0.577. The number of thioether (sulfide) groups is 1. The summed E-state index contributed by atoms with van der Waals surface area (Å²) < 4.78 is 27.2. The van der Waals surface area contributed by atoms with Crippen molar-refractivity contribution < 1.29 is 8.78 Å². The fraction of sp³-hybridized carbons (Fsp3) is 0.0769. The van der Waals surface area contributed by atoms with E-state index in [2.05, 4.69) is 15.9 Å². The van der Waals surface area contributed by atoms with Crippen LogP contribution in [0.4, 0.5) is 14.5 Å². The van der Waals surface area contributed by atoms with Gasteiger partial charge in [0, 0.05) is 20.8 Å². The molecule has 2 N–H and O–H groups in total. The lowest BCUT2D eigenvalue weighted by Crippen LogP contribution is -1.90. The van der Waals surface area contributed by atoms with Crippen LogP contribution in [0, 0.1) is 11.6 Å². The molecule has 94 valence electrons. The highest BCUT2D eigenvalue weighted by atomic mass is 79.9. The Morgan fingerprint density at radius 3 is 2.61 bits per heavy atom. The lowest BCUT2D eigenvalue weighted by Gasteiger charge is -2.05. The van der Waals surface area contributed by atoms with E-state index in [1.165, 1.54) is 17.8 Å². The average molecular weight is 330 g/mol. The van der Waals surface area contributed by atoms with Crippen LogP contribution in [0.1, 0.15) is 5.56 Å². The molecule has 0 aliphatic rings. The summed E-state index contributed by atoms with van der Waals surface area (Å²) in [6.45, 7) is 0. The van der Waals surface area contributed by atoms with Crippen molar-refractivity contribution in [2.24, 2.45) is 0 Å². The third kappa shape index (κ3) is 3.23. The molecule has 0 spiro atoms. The molecule has 0 atom stereocenters. The van der Waals surface area contributed by atoms with Crippen LogP contribution in [-0.2, 0) is 5.75 Å². The third-order valence-corrected chi connectivity index (χ3v) is 4.17. The Morgan fingerprint density at radius 2 is 1.89 bits per heavy atom. The molecule has 18 heavy (non-hydrogen) atoms. The second kappa shape index (κ2) is 5.71. The zero-order chi connectivity index (χ0) is 13.1. The molecule has 0 fully saturated rings. The van der Waals surface area contributed by atoms with E-state index in [1.807, 2.05) is 18.2 Å². The summed E-state index contributed by atoms with van der Waals surface area (Å²) >= 11 is 4.55. The summed E-state index contributed by atoms with van der Waals surface area (Å²) in [5.41, 5.74) is 7.35. The highest BCUT2D eigenvalue weighted by molar-refractivity contribution is 9.10. The van der Waals surface area contributed by atoms with E-state index in [1.54, 1.807) is 0 Å². The fourth-order valence-corrected chi connectivity index (χ4v) is 2.58. The highest BCUT2D eigenvalue weighted by Crippen LogP contribution is 2.28. The number of hydrogen-bond acceptors (Lipinski definition) is 2. The van der Waals surface area contributed by atoms with E-state index < -0.39 is 11.6 Å². The molecule has 0 saturated carbocycles. The molecule has 2 aromatic rings. The molecule has 0 aliphatic heterocycles. The Hall–Kier alpha value is -1.07. The molecule has 0 radical (unpaired) electrons. The molecule has 5 heteroatoms. The van der Waals surface area contributed by atoms with Crippen molar-refractivity contribution in [3.8, 4) is 0 Å². The van der Waals surface area contributed by atoms with Crippen LogP contribution in [0.5, 0.6) is 0 Å². The van der Waals surface area contributed by atoms with E-state index in [9.17, 15) is 8.78 Å². The van der Waals surface area contributed by atoms with Crippen molar-refractivity contribution in [3.05, 3.63) is 58.1 Å².